The van der Waals surface area contributed by atoms with E-state index >= 15 is 0 Å². The van der Waals surface area contributed by atoms with Crippen molar-refractivity contribution in [2.75, 3.05) is 20.1 Å². The molecular formula is C11H15BrN2O2. The largest absolute Gasteiger partial charge is 0.453 e. The lowest BCUT2D eigenvalue weighted by Gasteiger charge is -2.36. The van der Waals surface area contributed by atoms with Crippen molar-refractivity contribution < 1.29 is 9.21 Å². The van der Waals surface area contributed by atoms with Gasteiger partial charge < -0.3 is 9.32 Å². The van der Waals surface area contributed by atoms with Crippen molar-refractivity contribution in [3.8, 4) is 0 Å². The van der Waals surface area contributed by atoms with Gasteiger partial charge in [-0.15, -0.1) is 0 Å². The first-order valence-electron chi connectivity index (χ1n) is 5.31. The van der Waals surface area contributed by atoms with E-state index in [0.717, 1.165) is 23.5 Å². The molecular weight excluding hydrogens is 272 g/mol. The van der Waals surface area contributed by atoms with Crippen LogP contribution in [-0.2, 0) is 11.3 Å². The second-order valence-corrected chi connectivity index (χ2v) is 4.89. The van der Waals surface area contributed by atoms with E-state index < -0.39 is 0 Å². The minimum atomic E-state index is -0.0670. The summed E-state index contributed by atoms with van der Waals surface area (Å²) in [6.07, 6.45) is 0. The van der Waals surface area contributed by atoms with Gasteiger partial charge in [-0.05, 0) is 35.0 Å². The van der Waals surface area contributed by atoms with E-state index in [1.807, 2.05) is 26.1 Å². The summed E-state index contributed by atoms with van der Waals surface area (Å²) < 4.78 is 6.18. The Kier molecular flexibility index (Phi) is 3.35. The molecule has 1 amide bonds. The lowest BCUT2D eigenvalue weighted by atomic mass is 10.2. The summed E-state index contributed by atoms with van der Waals surface area (Å²) in [6.45, 7) is 4.30. The van der Waals surface area contributed by atoms with Crippen LogP contribution in [0.5, 0.6) is 0 Å². The Labute approximate surface area is 103 Å². The maximum atomic E-state index is 11.8. The van der Waals surface area contributed by atoms with Crippen LogP contribution in [0.3, 0.4) is 0 Å². The molecule has 0 aromatic carbocycles. The maximum Gasteiger partial charge on any atom is 0.239 e. The van der Waals surface area contributed by atoms with E-state index in [1.165, 1.54) is 0 Å². The topological polar surface area (TPSA) is 36.7 Å². The van der Waals surface area contributed by atoms with Gasteiger partial charge in [0, 0.05) is 20.1 Å². The van der Waals surface area contributed by atoms with E-state index in [9.17, 15) is 4.79 Å². The van der Waals surface area contributed by atoms with Gasteiger partial charge in [0.1, 0.15) is 5.76 Å². The Morgan fingerprint density at radius 2 is 2.25 bits per heavy atom. The first kappa shape index (κ1) is 11.7. The molecule has 1 aromatic heterocycles. The number of amides is 1. The molecule has 1 aliphatic rings. The molecule has 2 heterocycles. The lowest BCUT2D eigenvalue weighted by Crippen LogP contribution is -2.53. The summed E-state index contributed by atoms with van der Waals surface area (Å²) in [5, 5.41) is 0. The summed E-state index contributed by atoms with van der Waals surface area (Å²) >= 11 is 3.27. The van der Waals surface area contributed by atoms with Gasteiger partial charge in [-0.25, -0.2) is 0 Å². The number of rotatable bonds is 2. The molecule has 0 saturated carbocycles. The molecule has 4 nitrogen and oxygen atoms in total. The fourth-order valence-electron chi connectivity index (χ4n) is 1.91. The average Bonchev–Trinajstić information content (AvgIpc) is 2.65. The molecule has 1 saturated heterocycles. The Balaban J connectivity index is 2.03. The number of furan rings is 1. The van der Waals surface area contributed by atoms with Crippen LogP contribution in [0.4, 0.5) is 0 Å². The highest BCUT2D eigenvalue weighted by Gasteiger charge is 2.29. The van der Waals surface area contributed by atoms with E-state index in [1.54, 1.807) is 4.90 Å². The first-order chi connectivity index (χ1) is 7.58. The molecule has 1 aliphatic heterocycles. The lowest BCUT2D eigenvalue weighted by molar-refractivity contribution is -0.139. The Morgan fingerprint density at radius 3 is 2.88 bits per heavy atom. The van der Waals surface area contributed by atoms with Crippen LogP contribution in [0, 0.1) is 0 Å². The summed E-state index contributed by atoms with van der Waals surface area (Å²) in [5.41, 5.74) is 0. The highest BCUT2D eigenvalue weighted by atomic mass is 79.9. The number of nitrogens with zero attached hydrogens (tertiary/aromatic N) is 2. The van der Waals surface area contributed by atoms with Gasteiger partial charge in [-0.2, -0.15) is 0 Å². The summed E-state index contributed by atoms with van der Waals surface area (Å²) in [6, 6.07) is 3.74. The quantitative estimate of drug-likeness (QED) is 0.831. The molecule has 0 aliphatic carbocycles. The van der Waals surface area contributed by atoms with Gasteiger partial charge in [0.05, 0.1) is 12.6 Å². The molecule has 0 bridgehead atoms. The van der Waals surface area contributed by atoms with Crippen LogP contribution in [0.25, 0.3) is 0 Å². The van der Waals surface area contributed by atoms with Gasteiger partial charge in [-0.3, -0.25) is 9.69 Å². The third kappa shape index (κ3) is 2.30. The van der Waals surface area contributed by atoms with Crippen LogP contribution in [0.1, 0.15) is 12.7 Å². The highest BCUT2D eigenvalue weighted by molar-refractivity contribution is 9.10. The summed E-state index contributed by atoms with van der Waals surface area (Å²) in [4.78, 5) is 15.7. The monoisotopic (exact) mass is 286 g/mol. The molecule has 1 fully saturated rings. The van der Waals surface area contributed by atoms with Crippen LogP contribution in [0.2, 0.25) is 0 Å². The van der Waals surface area contributed by atoms with Gasteiger partial charge >= 0.3 is 0 Å². The molecule has 2 rings (SSSR count). The first-order valence-corrected chi connectivity index (χ1v) is 6.10. The number of hydrogen-bond donors (Lipinski definition) is 0. The summed E-state index contributed by atoms with van der Waals surface area (Å²) in [5.74, 6) is 1.06. The standard InChI is InChI=1S/C11H15BrN2O2/c1-8-11(15)13(2)5-6-14(8)7-9-3-4-10(12)16-9/h3-4,8H,5-7H2,1-2H3/t8-/m1/s1. The van der Waals surface area contributed by atoms with Crippen molar-refractivity contribution in [2.45, 2.75) is 19.5 Å². The van der Waals surface area contributed by atoms with Crippen molar-refractivity contribution in [3.05, 3.63) is 22.6 Å². The van der Waals surface area contributed by atoms with E-state index in [2.05, 4.69) is 20.8 Å². The molecule has 0 unspecified atom stereocenters. The van der Waals surface area contributed by atoms with Crippen LogP contribution >= 0.6 is 15.9 Å². The van der Waals surface area contributed by atoms with Crippen LogP contribution in [-0.4, -0.2) is 41.9 Å². The van der Waals surface area contributed by atoms with Crippen LogP contribution in [0.15, 0.2) is 21.2 Å². The smallest absolute Gasteiger partial charge is 0.239 e. The van der Waals surface area contributed by atoms with E-state index in [0.29, 0.717) is 6.54 Å². The Morgan fingerprint density at radius 1 is 1.50 bits per heavy atom. The van der Waals surface area contributed by atoms with Crippen molar-refractivity contribution in [3.63, 3.8) is 0 Å². The van der Waals surface area contributed by atoms with Gasteiger partial charge in [0.2, 0.25) is 5.91 Å². The zero-order valence-electron chi connectivity index (χ0n) is 9.44. The molecule has 0 radical (unpaired) electrons. The number of carbonyl (C=O) groups is 1. The SMILES string of the molecule is C[C@@H]1C(=O)N(C)CCN1Cc1ccc(Br)o1. The molecule has 1 aromatic rings. The number of piperazine rings is 1. The summed E-state index contributed by atoms with van der Waals surface area (Å²) in [7, 11) is 1.85. The predicted molar refractivity (Wildman–Crippen MR) is 63.9 cm³/mol. The molecule has 5 heteroatoms. The molecule has 1 atom stereocenters. The van der Waals surface area contributed by atoms with Crippen molar-refractivity contribution in [1.82, 2.24) is 9.80 Å². The van der Waals surface area contributed by atoms with Crippen molar-refractivity contribution in [1.29, 1.82) is 0 Å². The maximum absolute atomic E-state index is 11.8. The fraction of sp³-hybridized carbons (Fsp3) is 0.545. The molecule has 0 spiro atoms. The normalized spacial score (nSPS) is 22.8. The average molecular weight is 287 g/mol. The van der Waals surface area contributed by atoms with E-state index in [4.69, 9.17) is 4.42 Å². The number of halogens is 1. The third-order valence-corrected chi connectivity index (χ3v) is 3.42. The fourth-order valence-corrected chi connectivity index (χ4v) is 2.25. The zero-order chi connectivity index (χ0) is 11.7. The van der Waals surface area contributed by atoms with Crippen LogP contribution < -0.4 is 0 Å². The second kappa shape index (κ2) is 4.59. The minimum Gasteiger partial charge on any atom is -0.453 e. The van der Waals surface area contributed by atoms with Gasteiger partial charge in [0.25, 0.3) is 0 Å². The number of hydrogen-bond acceptors (Lipinski definition) is 3. The molecule has 88 valence electrons. The Hall–Kier alpha value is -0.810. The molecule has 16 heavy (non-hydrogen) atoms. The zero-order valence-corrected chi connectivity index (χ0v) is 11.0. The highest BCUT2D eigenvalue weighted by Crippen LogP contribution is 2.18. The van der Waals surface area contributed by atoms with Gasteiger partial charge in [0.15, 0.2) is 4.67 Å². The van der Waals surface area contributed by atoms with Crippen molar-refractivity contribution in [2.24, 2.45) is 0 Å². The third-order valence-electron chi connectivity index (χ3n) is 2.99. The van der Waals surface area contributed by atoms with Crippen molar-refractivity contribution >= 4 is 21.8 Å². The minimum absolute atomic E-state index is 0.0670. The van der Waals surface area contributed by atoms with E-state index in [-0.39, 0.29) is 11.9 Å². The van der Waals surface area contributed by atoms with Gasteiger partial charge in [-0.1, -0.05) is 0 Å². The predicted octanol–water partition coefficient (Wildman–Crippen LogP) is 1.70. The number of likely N-dealkylation sites (N-methyl/N-ethyl adjacent to an activating group) is 1. The second-order valence-electron chi connectivity index (χ2n) is 4.11. The molecule has 0 N–H and O–H groups in total. The number of carbonyl (C=O) groups excluding carboxylic acids is 1. The Bertz CT molecular complexity index is 391.